The summed E-state index contributed by atoms with van der Waals surface area (Å²) >= 11 is 0. The molecule has 156 valence electrons. The smallest absolute Gasteiger partial charge is 0.255 e. The molecular formula is C23H18F2N4O2. The van der Waals surface area contributed by atoms with Crippen LogP contribution < -0.4 is 4.74 Å². The van der Waals surface area contributed by atoms with E-state index in [-0.39, 0.29) is 40.4 Å². The molecule has 2 saturated carbocycles. The van der Waals surface area contributed by atoms with Crippen LogP contribution in [0.5, 0.6) is 5.88 Å². The Balaban J connectivity index is 1.31. The molecule has 3 fully saturated rings. The Morgan fingerprint density at radius 2 is 1.90 bits per heavy atom. The molecule has 31 heavy (non-hydrogen) atoms. The second-order valence-electron chi connectivity index (χ2n) is 8.45. The Kier molecular flexibility index (Phi) is 3.87. The first-order valence-electron chi connectivity index (χ1n) is 10.2. The summed E-state index contributed by atoms with van der Waals surface area (Å²) in [6.07, 6.45) is 5.83. The summed E-state index contributed by atoms with van der Waals surface area (Å²) in [7, 11) is 0. The minimum absolute atomic E-state index is 0.0804. The third kappa shape index (κ3) is 2.74. The average Bonchev–Trinajstić information content (AvgIpc) is 3.43. The molecule has 3 heterocycles. The van der Waals surface area contributed by atoms with Gasteiger partial charge in [0.15, 0.2) is 5.82 Å². The fourth-order valence-corrected chi connectivity index (χ4v) is 5.35. The van der Waals surface area contributed by atoms with E-state index in [0.717, 1.165) is 19.0 Å². The van der Waals surface area contributed by atoms with Crippen molar-refractivity contribution in [1.29, 1.82) is 0 Å². The van der Waals surface area contributed by atoms with E-state index < -0.39 is 11.6 Å². The van der Waals surface area contributed by atoms with Crippen LogP contribution in [0.25, 0.3) is 11.4 Å². The van der Waals surface area contributed by atoms with Crippen LogP contribution in [0.1, 0.15) is 23.2 Å². The van der Waals surface area contributed by atoms with Gasteiger partial charge in [-0.15, -0.1) is 0 Å². The minimum atomic E-state index is -0.534. The van der Waals surface area contributed by atoms with Gasteiger partial charge >= 0.3 is 0 Å². The molecule has 3 aliphatic rings. The van der Waals surface area contributed by atoms with Gasteiger partial charge in [-0.2, -0.15) is 0 Å². The summed E-state index contributed by atoms with van der Waals surface area (Å²) in [6, 6.07) is 8.77. The van der Waals surface area contributed by atoms with E-state index in [0.29, 0.717) is 18.3 Å². The molecule has 8 heteroatoms. The molecule has 4 unspecified atom stereocenters. The normalized spacial score (nSPS) is 27.8. The van der Waals surface area contributed by atoms with Gasteiger partial charge in [-0.25, -0.2) is 23.7 Å². The number of nitrogens with zero attached hydrogens (tertiary/aromatic N) is 4. The van der Waals surface area contributed by atoms with Crippen molar-refractivity contribution < 1.29 is 18.3 Å². The number of piperidine rings is 1. The Labute approximate surface area is 176 Å². The number of carbonyl (C=O) groups excluding carboxylic acids is 1. The standard InChI is InChI=1S/C23H18F2N4O2/c24-14-5-6-18(28-11-14)31-17-10-23-9-13(23)12-29(20(17)23)22(30)15-3-1-4-16(25)19(15)21-26-7-2-8-27-21/h1-8,11,13,17,20H,9-10,12H2. The fraction of sp³-hybridized carbons (Fsp3) is 0.304. The number of likely N-dealkylation sites (tertiary alicyclic amines) is 1. The number of hydrogen-bond donors (Lipinski definition) is 0. The molecule has 0 N–H and O–H groups in total. The molecular weight excluding hydrogens is 402 g/mol. The van der Waals surface area contributed by atoms with Gasteiger partial charge in [-0.1, -0.05) is 6.07 Å². The van der Waals surface area contributed by atoms with E-state index in [9.17, 15) is 13.6 Å². The van der Waals surface area contributed by atoms with Crippen molar-refractivity contribution in [3.05, 3.63) is 72.2 Å². The predicted octanol–water partition coefficient (Wildman–Crippen LogP) is 3.50. The number of pyridine rings is 1. The second kappa shape index (κ2) is 6.54. The Hall–Kier alpha value is -3.42. The lowest BCUT2D eigenvalue weighted by Gasteiger charge is -2.47. The summed E-state index contributed by atoms with van der Waals surface area (Å²) in [4.78, 5) is 27.6. The number of ether oxygens (including phenoxy) is 1. The van der Waals surface area contributed by atoms with Crippen LogP contribution in [-0.4, -0.2) is 44.4 Å². The SMILES string of the molecule is O=C(c1cccc(F)c1-c1ncccn1)N1CC2CC23CC(Oc2ccc(F)cn2)C13. The van der Waals surface area contributed by atoms with Crippen molar-refractivity contribution in [2.24, 2.45) is 11.3 Å². The van der Waals surface area contributed by atoms with Crippen LogP contribution in [-0.2, 0) is 0 Å². The molecule has 3 aromatic rings. The van der Waals surface area contributed by atoms with E-state index in [2.05, 4.69) is 15.0 Å². The molecule has 6 nitrogen and oxygen atoms in total. The first-order valence-corrected chi connectivity index (χ1v) is 10.2. The van der Waals surface area contributed by atoms with Gasteiger partial charge < -0.3 is 9.64 Å². The summed E-state index contributed by atoms with van der Waals surface area (Å²) in [5.74, 6) is -0.264. The van der Waals surface area contributed by atoms with Gasteiger partial charge in [0.1, 0.15) is 17.7 Å². The number of hydrogen-bond acceptors (Lipinski definition) is 5. The van der Waals surface area contributed by atoms with Gasteiger partial charge in [0.2, 0.25) is 5.88 Å². The molecule has 1 aromatic carbocycles. The zero-order valence-corrected chi connectivity index (χ0v) is 16.4. The topological polar surface area (TPSA) is 68.2 Å². The van der Waals surface area contributed by atoms with Crippen molar-refractivity contribution in [1.82, 2.24) is 19.9 Å². The highest BCUT2D eigenvalue weighted by molar-refractivity contribution is 6.01. The zero-order chi connectivity index (χ0) is 21.2. The zero-order valence-electron chi connectivity index (χ0n) is 16.4. The molecule has 2 aliphatic carbocycles. The maximum atomic E-state index is 14.7. The van der Waals surface area contributed by atoms with Crippen molar-refractivity contribution in [2.75, 3.05) is 6.54 Å². The minimum Gasteiger partial charge on any atom is -0.472 e. The summed E-state index contributed by atoms with van der Waals surface area (Å²) in [6.45, 7) is 0.617. The number of benzene rings is 1. The number of halogens is 2. The van der Waals surface area contributed by atoms with Crippen LogP contribution in [0.4, 0.5) is 8.78 Å². The van der Waals surface area contributed by atoms with Crippen LogP contribution in [0.2, 0.25) is 0 Å². The third-order valence-electron chi connectivity index (χ3n) is 6.82. The van der Waals surface area contributed by atoms with Crippen molar-refractivity contribution in [2.45, 2.75) is 25.0 Å². The third-order valence-corrected chi connectivity index (χ3v) is 6.82. The maximum absolute atomic E-state index is 14.7. The van der Waals surface area contributed by atoms with Crippen molar-refractivity contribution in [3.63, 3.8) is 0 Å². The summed E-state index contributed by atoms with van der Waals surface area (Å²) < 4.78 is 33.9. The molecule has 1 spiro atoms. The lowest BCUT2D eigenvalue weighted by Crippen LogP contribution is -2.59. The van der Waals surface area contributed by atoms with Crippen LogP contribution in [0, 0.1) is 23.0 Å². The first kappa shape index (κ1) is 18.4. The van der Waals surface area contributed by atoms with Crippen molar-refractivity contribution >= 4 is 5.91 Å². The second-order valence-corrected chi connectivity index (χ2v) is 8.45. The lowest BCUT2D eigenvalue weighted by atomic mass is 9.73. The first-order chi connectivity index (χ1) is 15.1. The summed E-state index contributed by atoms with van der Waals surface area (Å²) in [5.41, 5.74) is 0.435. The quantitative estimate of drug-likeness (QED) is 0.646. The molecule has 6 rings (SSSR count). The molecule has 2 aromatic heterocycles. The van der Waals surface area contributed by atoms with Crippen molar-refractivity contribution in [3.8, 4) is 17.3 Å². The molecule has 0 bridgehead atoms. The van der Waals surface area contributed by atoms with E-state index in [4.69, 9.17) is 4.74 Å². The maximum Gasteiger partial charge on any atom is 0.255 e. The van der Waals surface area contributed by atoms with Gasteiger partial charge in [-0.3, -0.25) is 4.79 Å². The monoisotopic (exact) mass is 420 g/mol. The number of carbonyl (C=O) groups is 1. The van der Waals surface area contributed by atoms with Gasteiger partial charge in [0, 0.05) is 30.4 Å². The van der Waals surface area contributed by atoms with E-state index >= 15 is 0 Å². The molecule has 1 aliphatic heterocycles. The van der Waals surface area contributed by atoms with E-state index in [1.54, 1.807) is 17.0 Å². The van der Waals surface area contributed by atoms with Gasteiger partial charge in [-0.05, 0) is 43.0 Å². The molecule has 4 atom stereocenters. The Morgan fingerprint density at radius 1 is 1.06 bits per heavy atom. The highest BCUT2D eigenvalue weighted by atomic mass is 19.1. The summed E-state index contributed by atoms with van der Waals surface area (Å²) in [5, 5.41) is 0. The van der Waals surface area contributed by atoms with Crippen LogP contribution >= 0.6 is 0 Å². The number of aromatic nitrogens is 3. The fourth-order valence-electron chi connectivity index (χ4n) is 5.35. The number of amides is 1. The van der Waals surface area contributed by atoms with Gasteiger partial charge in [0.05, 0.1) is 23.4 Å². The predicted molar refractivity (Wildman–Crippen MR) is 106 cm³/mol. The molecule has 1 saturated heterocycles. The number of rotatable bonds is 4. The Morgan fingerprint density at radius 3 is 2.68 bits per heavy atom. The van der Waals surface area contributed by atoms with E-state index in [1.807, 2.05) is 0 Å². The largest absolute Gasteiger partial charge is 0.472 e. The Bertz CT molecular complexity index is 1170. The van der Waals surface area contributed by atoms with Gasteiger partial charge in [0.25, 0.3) is 5.91 Å². The van der Waals surface area contributed by atoms with Crippen LogP contribution in [0.15, 0.2) is 55.0 Å². The van der Waals surface area contributed by atoms with E-state index in [1.165, 1.54) is 36.7 Å². The lowest BCUT2D eigenvalue weighted by molar-refractivity contribution is -0.0345. The highest BCUT2D eigenvalue weighted by Crippen LogP contribution is 2.71. The molecule has 0 radical (unpaired) electrons. The van der Waals surface area contributed by atoms with Crippen LogP contribution in [0.3, 0.4) is 0 Å². The highest BCUT2D eigenvalue weighted by Gasteiger charge is 2.76. The molecule has 1 amide bonds. The average molecular weight is 420 g/mol.